The van der Waals surface area contributed by atoms with E-state index in [1.54, 1.807) is 0 Å². The highest BCUT2D eigenvalue weighted by Gasteiger charge is 2.41. The minimum Gasteiger partial charge on any atom is -0.379 e. The highest BCUT2D eigenvalue weighted by atomic mass is 32.1. The first kappa shape index (κ1) is 24.0. The molecule has 0 unspecified atom stereocenters. The molecule has 2 aliphatic heterocycles. The lowest BCUT2D eigenvalue weighted by atomic mass is 9.96. The van der Waals surface area contributed by atoms with Gasteiger partial charge in [-0.1, -0.05) is 24.3 Å². The SMILES string of the molecule is Cc1ccccc1-n1c(C)cc([C@H]2[C@@H](c3ccccn3)NC(=S)N2CCCN2CCOCC2)c1C. The summed E-state index contributed by atoms with van der Waals surface area (Å²) in [4.78, 5) is 9.59. The van der Waals surface area contributed by atoms with Crippen LogP contribution in [0.25, 0.3) is 5.69 Å². The van der Waals surface area contributed by atoms with Crippen molar-refractivity contribution in [1.82, 2.24) is 24.7 Å². The molecule has 5 rings (SSSR count). The number of hydrogen-bond acceptors (Lipinski definition) is 4. The molecule has 2 saturated heterocycles. The minimum atomic E-state index is 0.0120. The normalized spacial score (nSPS) is 20.9. The second-order valence-corrected chi connectivity index (χ2v) is 9.96. The molecule has 1 N–H and O–H groups in total. The second-order valence-electron chi connectivity index (χ2n) is 9.58. The van der Waals surface area contributed by atoms with Crippen LogP contribution in [0.1, 0.15) is 46.7 Å². The molecule has 35 heavy (non-hydrogen) atoms. The molecule has 0 aliphatic carbocycles. The van der Waals surface area contributed by atoms with E-state index in [-0.39, 0.29) is 12.1 Å². The van der Waals surface area contributed by atoms with Gasteiger partial charge in [-0.15, -0.1) is 0 Å². The molecule has 0 saturated carbocycles. The summed E-state index contributed by atoms with van der Waals surface area (Å²) in [5.74, 6) is 0. The lowest BCUT2D eigenvalue weighted by Crippen LogP contribution is -2.39. The number of para-hydroxylation sites is 1. The molecule has 184 valence electrons. The van der Waals surface area contributed by atoms with E-state index in [9.17, 15) is 0 Å². The van der Waals surface area contributed by atoms with Gasteiger partial charge in [0, 0.05) is 49.5 Å². The maximum absolute atomic E-state index is 5.91. The van der Waals surface area contributed by atoms with Gasteiger partial charge in [0.25, 0.3) is 0 Å². The standard InChI is InChI=1S/C28H35N5OS/c1-20-9-4-5-11-25(20)33-21(2)19-23(22(33)3)27-26(24-10-6-7-12-29-24)30-28(35)32(27)14-8-13-31-15-17-34-18-16-31/h4-7,9-12,19,26-27H,8,13-18H2,1-3H3,(H,30,35)/t26-,27+/m1/s1. The van der Waals surface area contributed by atoms with Gasteiger partial charge in [-0.25, -0.2) is 0 Å². The van der Waals surface area contributed by atoms with Crippen LogP contribution in [0.2, 0.25) is 0 Å². The van der Waals surface area contributed by atoms with Crippen molar-refractivity contribution in [1.29, 1.82) is 0 Å². The number of thiocarbonyl (C=S) groups is 1. The Hall–Kier alpha value is -2.74. The molecule has 2 aliphatic rings. The smallest absolute Gasteiger partial charge is 0.170 e. The zero-order valence-corrected chi connectivity index (χ0v) is 21.7. The van der Waals surface area contributed by atoms with E-state index in [1.807, 2.05) is 12.3 Å². The van der Waals surface area contributed by atoms with Gasteiger partial charge in [0.05, 0.1) is 31.0 Å². The van der Waals surface area contributed by atoms with E-state index in [1.165, 1.54) is 28.2 Å². The molecule has 6 nitrogen and oxygen atoms in total. The summed E-state index contributed by atoms with van der Waals surface area (Å²) in [5, 5.41) is 4.43. The molecule has 0 amide bonds. The molecular weight excluding hydrogens is 454 g/mol. The number of aryl methyl sites for hydroxylation is 2. The van der Waals surface area contributed by atoms with Crippen LogP contribution in [0, 0.1) is 20.8 Å². The number of nitrogens with one attached hydrogen (secondary N) is 1. The maximum atomic E-state index is 5.91. The summed E-state index contributed by atoms with van der Waals surface area (Å²) in [6.07, 6.45) is 2.93. The number of nitrogens with zero attached hydrogens (tertiary/aromatic N) is 4. The van der Waals surface area contributed by atoms with E-state index < -0.39 is 0 Å². The third-order valence-electron chi connectivity index (χ3n) is 7.32. The van der Waals surface area contributed by atoms with Crippen LogP contribution in [0.4, 0.5) is 0 Å². The molecule has 2 aromatic heterocycles. The van der Waals surface area contributed by atoms with Gasteiger partial charge in [-0.2, -0.15) is 0 Å². The van der Waals surface area contributed by atoms with Gasteiger partial charge in [-0.3, -0.25) is 9.88 Å². The van der Waals surface area contributed by atoms with E-state index in [4.69, 9.17) is 21.9 Å². The maximum Gasteiger partial charge on any atom is 0.170 e. The Balaban J connectivity index is 1.48. The molecule has 3 aromatic rings. The minimum absolute atomic E-state index is 0.0120. The first-order chi connectivity index (χ1) is 17.0. The van der Waals surface area contributed by atoms with E-state index in [2.05, 4.69) is 82.9 Å². The Morgan fingerprint density at radius 3 is 2.54 bits per heavy atom. The van der Waals surface area contributed by atoms with Crippen molar-refractivity contribution < 1.29 is 4.74 Å². The highest BCUT2D eigenvalue weighted by molar-refractivity contribution is 7.80. The predicted molar refractivity (Wildman–Crippen MR) is 144 cm³/mol. The topological polar surface area (TPSA) is 45.6 Å². The van der Waals surface area contributed by atoms with Crippen molar-refractivity contribution in [2.24, 2.45) is 0 Å². The fraction of sp³-hybridized carbons (Fsp3) is 0.429. The number of hydrogen-bond donors (Lipinski definition) is 1. The molecule has 2 atom stereocenters. The zero-order chi connectivity index (χ0) is 24.4. The quantitative estimate of drug-likeness (QED) is 0.494. The molecule has 4 heterocycles. The predicted octanol–water partition coefficient (Wildman–Crippen LogP) is 4.49. The monoisotopic (exact) mass is 489 g/mol. The molecule has 7 heteroatoms. The van der Waals surface area contributed by atoms with Crippen LogP contribution in [0.3, 0.4) is 0 Å². The van der Waals surface area contributed by atoms with Gasteiger partial charge in [0.2, 0.25) is 0 Å². The Morgan fingerprint density at radius 1 is 1.03 bits per heavy atom. The third kappa shape index (κ3) is 4.85. The summed E-state index contributed by atoms with van der Waals surface area (Å²) in [6.45, 7) is 12.3. The molecule has 2 fully saturated rings. The Kier molecular flexibility index (Phi) is 7.18. The fourth-order valence-electron chi connectivity index (χ4n) is 5.55. The van der Waals surface area contributed by atoms with Crippen molar-refractivity contribution in [3.8, 4) is 5.69 Å². The van der Waals surface area contributed by atoms with Gasteiger partial charge >= 0.3 is 0 Å². The van der Waals surface area contributed by atoms with Gasteiger partial charge < -0.3 is 19.5 Å². The molecular formula is C28H35N5OS. The lowest BCUT2D eigenvalue weighted by molar-refractivity contribution is 0.0365. The lowest BCUT2D eigenvalue weighted by Gasteiger charge is -2.30. The van der Waals surface area contributed by atoms with Crippen molar-refractivity contribution in [3.05, 3.63) is 82.9 Å². The summed E-state index contributed by atoms with van der Waals surface area (Å²) < 4.78 is 7.90. The molecule has 0 spiro atoms. The second kappa shape index (κ2) is 10.5. The summed E-state index contributed by atoms with van der Waals surface area (Å²) in [6, 6.07) is 17.2. The zero-order valence-electron chi connectivity index (χ0n) is 20.9. The Bertz CT molecular complexity index is 1170. The van der Waals surface area contributed by atoms with E-state index >= 15 is 0 Å². The molecule has 1 aromatic carbocycles. The largest absolute Gasteiger partial charge is 0.379 e. The Morgan fingerprint density at radius 2 is 1.80 bits per heavy atom. The number of ether oxygens (including phenoxy) is 1. The van der Waals surface area contributed by atoms with Gasteiger partial charge in [-0.05, 0) is 74.8 Å². The first-order valence-corrected chi connectivity index (χ1v) is 13.0. The third-order valence-corrected chi connectivity index (χ3v) is 7.67. The van der Waals surface area contributed by atoms with Crippen LogP contribution in [-0.4, -0.2) is 63.9 Å². The summed E-state index contributed by atoms with van der Waals surface area (Å²) in [5.41, 5.74) is 7.32. The average Bonchev–Trinajstić information content (AvgIpc) is 3.35. The Labute approximate surface area is 213 Å². The van der Waals surface area contributed by atoms with Crippen LogP contribution in [-0.2, 0) is 4.74 Å². The fourth-order valence-corrected chi connectivity index (χ4v) is 5.88. The van der Waals surface area contributed by atoms with Gasteiger partial charge in [0.1, 0.15) is 0 Å². The van der Waals surface area contributed by atoms with Gasteiger partial charge in [0.15, 0.2) is 5.11 Å². The number of aromatic nitrogens is 2. The number of benzene rings is 1. The van der Waals surface area contributed by atoms with Crippen molar-refractivity contribution >= 4 is 17.3 Å². The van der Waals surface area contributed by atoms with Crippen molar-refractivity contribution in [2.75, 3.05) is 39.4 Å². The first-order valence-electron chi connectivity index (χ1n) is 12.6. The average molecular weight is 490 g/mol. The van der Waals surface area contributed by atoms with E-state index in [0.29, 0.717) is 0 Å². The molecule has 0 radical (unpaired) electrons. The van der Waals surface area contributed by atoms with Crippen LogP contribution in [0.15, 0.2) is 54.7 Å². The van der Waals surface area contributed by atoms with Crippen molar-refractivity contribution in [2.45, 2.75) is 39.3 Å². The van der Waals surface area contributed by atoms with Crippen LogP contribution < -0.4 is 5.32 Å². The number of morpholine rings is 1. The number of pyridine rings is 1. The van der Waals surface area contributed by atoms with Crippen LogP contribution in [0.5, 0.6) is 0 Å². The van der Waals surface area contributed by atoms with Crippen molar-refractivity contribution in [3.63, 3.8) is 0 Å². The summed E-state index contributed by atoms with van der Waals surface area (Å²) in [7, 11) is 0. The summed E-state index contributed by atoms with van der Waals surface area (Å²) >= 11 is 5.91. The van der Waals surface area contributed by atoms with E-state index in [0.717, 1.165) is 56.6 Å². The highest BCUT2D eigenvalue weighted by Crippen LogP contribution is 2.41. The molecule has 0 bridgehead atoms. The van der Waals surface area contributed by atoms with Crippen LogP contribution >= 0.6 is 12.2 Å². The number of rotatable bonds is 7.